The van der Waals surface area contributed by atoms with Crippen LogP contribution in [-0.4, -0.2) is 39.9 Å². The number of rotatable bonds is 7. The topological polar surface area (TPSA) is 83.5 Å². The van der Waals surface area contributed by atoms with Crippen molar-refractivity contribution in [3.8, 4) is 11.8 Å². The summed E-state index contributed by atoms with van der Waals surface area (Å²) < 4.78 is 7.38. The molecule has 1 amide bonds. The number of fused-ring (bicyclic) bond motifs is 3. The van der Waals surface area contributed by atoms with Gasteiger partial charge in [-0.3, -0.25) is 9.20 Å². The molecule has 0 unspecified atom stereocenters. The summed E-state index contributed by atoms with van der Waals surface area (Å²) >= 11 is 1.34. The van der Waals surface area contributed by atoms with Crippen LogP contribution in [0.25, 0.3) is 16.6 Å². The van der Waals surface area contributed by atoms with Crippen LogP contribution in [-0.2, 0) is 4.79 Å². The van der Waals surface area contributed by atoms with Gasteiger partial charge in [-0.25, -0.2) is 0 Å². The van der Waals surface area contributed by atoms with Crippen molar-refractivity contribution in [3.63, 3.8) is 0 Å². The zero-order chi connectivity index (χ0) is 23.5. The molecule has 0 radical (unpaired) electrons. The van der Waals surface area contributed by atoms with Gasteiger partial charge in [0.1, 0.15) is 5.75 Å². The van der Waals surface area contributed by atoms with Gasteiger partial charge in [0.2, 0.25) is 5.91 Å². The molecule has 0 saturated carbocycles. The first-order chi connectivity index (χ1) is 15.9. The third-order valence-corrected chi connectivity index (χ3v) is 6.73. The minimum Gasteiger partial charge on any atom is -0.497 e. The quantitative estimate of drug-likeness (QED) is 0.367. The number of aryl methyl sites for hydroxylation is 2. The average molecular weight is 460 g/mol. The number of nitrogens with zero attached hydrogens (tertiary/aromatic N) is 5. The van der Waals surface area contributed by atoms with E-state index in [1.54, 1.807) is 12.0 Å². The summed E-state index contributed by atoms with van der Waals surface area (Å²) in [4.78, 5) is 15.0. The lowest BCUT2D eigenvalue weighted by atomic mass is 10.1. The molecule has 4 aromatic rings. The molecular formula is C25H25N5O2S. The van der Waals surface area contributed by atoms with Crippen LogP contribution in [0.3, 0.4) is 0 Å². The molecule has 0 aliphatic rings. The van der Waals surface area contributed by atoms with Gasteiger partial charge >= 0.3 is 0 Å². The molecule has 2 heterocycles. The molecule has 0 aliphatic heterocycles. The van der Waals surface area contributed by atoms with E-state index in [1.807, 2.05) is 67.6 Å². The molecule has 33 heavy (non-hydrogen) atoms. The molecule has 0 atom stereocenters. The molecule has 168 valence electrons. The maximum Gasteiger partial charge on any atom is 0.237 e. The Balaban J connectivity index is 1.67. The fraction of sp³-hybridized carbons (Fsp3) is 0.280. The maximum absolute atomic E-state index is 13.3. The smallest absolute Gasteiger partial charge is 0.237 e. The summed E-state index contributed by atoms with van der Waals surface area (Å²) in [6, 6.07) is 15.9. The number of pyridine rings is 1. The molecule has 2 aromatic carbocycles. The van der Waals surface area contributed by atoms with E-state index >= 15 is 0 Å². The van der Waals surface area contributed by atoms with Crippen molar-refractivity contribution in [2.24, 2.45) is 0 Å². The minimum absolute atomic E-state index is 0.0744. The number of benzene rings is 2. The van der Waals surface area contributed by atoms with E-state index in [1.165, 1.54) is 11.8 Å². The van der Waals surface area contributed by atoms with Crippen LogP contribution in [0, 0.1) is 32.1 Å². The molecule has 0 saturated heterocycles. The van der Waals surface area contributed by atoms with Crippen molar-refractivity contribution in [3.05, 3.63) is 59.2 Å². The maximum atomic E-state index is 13.3. The van der Waals surface area contributed by atoms with E-state index in [0.29, 0.717) is 11.7 Å². The van der Waals surface area contributed by atoms with Crippen LogP contribution in [0.4, 0.5) is 5.69 Å². The molecule has 7 nitrogen and oxygen atoms in total. The van der Waals surface area contributed by atoms with Gasteiger partial charge in [0.25, 0.3) is 0 Å². The molecule has 0 fully saturated rings. The fourth-order valence-corrected chi connectivity index (χ4v) is 4.72. The number of nitriles is 1. The summed E-state index contributed by atoms with van der Waals surface area (Å²) in [5.74, 6) is 0.848. The first kappa shape index (κ1) is 22.6. The van der Waals surface area contributed by atoms with Crippen molar-refractivity contribution < 1.29 is 9.53 Å². The Kier molecular flexibility index (Phi) is 6.52. The Morgan fingerprint density at radius 1 is 1.15 bits per heavy atom. The van der Waals surface area contributed by atoms with Crippen LogP contribution < -0.4 is 9.64 Å². The van der Waals surface area contributed by atoms with Crippen molar-refractivity contribution in [2.75, 3.05) is 24.3 Å². The highest BCUT2D eigenvalue weighted by Gasteiger charge is 2.20. The Morgan fingerprint density at radius 2 is 1.97 bits per heavy atom. The lowest BCUT2D eigenvalue weighted by Crippen LogP contribution is -2.34. The number of methoxy groups -OCH3 is 1. The SMILES string of the molecule is COc1ccc2c(C)cc3nnc(SCC(=O)N(CCC#N)c4cccc(C)c4C)n3c2c1. The van der Waals surface area contributed by atoms with Crippen molar-refractivity contribution in [2.45, 2.75) is 32.3 Å². The lowest BCUT2D eigenvalue weighted by Gasteiger charge is -2.24. The van der Waals surface area contributed by atoms with E-state index in [4.69, 9.17) is 10.00 Å². The average Bonchev–Trinajstić information content (AvgIpc) is 3.23. The number of aromatic nitrogens is 3. The summed E-state index contributed by atoms with van der Waals surface area (Å²) in [5.41, 5.74) is 5.73. The predicted octanol–water partition coefficient (Wildman–Crippen LogP) is 4.86. The molecule has 4 rings (SSSR count). The van der Waals surface area contributed by atoms with Gasteiger partial charge in [-0.2, -0.15) is 5.26 Å². The van der Waals surface area contributed by atoms with Crippen LogP contribution in [0.5, 0.6) is 5.75 Å². The number of hydrogen-bond acceptors (Lipinski definition) is 6. The highest BCUT2D eigenvalue weighted by molar-refractivity contribution is 7.99. The monoisotopic (exact) mass is 459 g/mol. The lowest BCUT2D eigenvalue weighted by molar-refractivity contribution is -0.116. The van der Waals surface area contributed by atoms with Gasteiger partial charge in [-0.1, -0.05) is 23.9 Å². The largest absolute Gasteiger partial charge is 0.497 e. The van der Waals surface area contributed by atoms with E-state index in [2.05, 4.69) is 16.3 Å². The third kappa shape index (κ3) is 4.37. The standard InChI is InChI=1S/C25H25N5O2S/c1-16-7-5-8-21(18(16)3)29(12-6-11-26)24(31)15-33-25-28-27-23-13-17(2)20-10-9-19(32-4)14-22(20)30(23)25/h5,7-10,13-14H,6,12,15H2,1-4H3. The van der Waals surface area contributed by atoms with Crippen molar-refractivity contribution in [1.29, 1.82) is 5.26 Å². The van der Waals surface area contributed by atoms with Gasteiger partial charge in [0.05, 0.1) is 30.9 Å². The van der Waals surface area contributed by atoms with E-state index < -0.39 is 0 Å². The summed E-state index contributed by atoms with van der Waals surface area (Å²) in [6.07, 6.45) is 0.265. The summed E-state index contributed by atoms with van der Waals surface area (Å²) in [6.45, 7) is 6.40. The Bertz CT molecular complexity index is 1390. The number of thioether (sulfide) groups is 1. The molecule has 8 heteroatoms. The van der Waals surface area contributed by atoms with Crippen molar-refractivity contribution in [1.82, 2.24) is 14.6 Å². The van der Waals surface area contributed by atoms with Crippen LogP contribution in [0.15, 0.2) is 47.6 Å². The number of amides is 1. The van der Waals surface area contributed by atoms with Crippen molar-refractivity contribution >= 4 is 39.9 Å². The van der Waals surface area contributed by atoms with Gasteiger partial charge in [0, 0.05) is 23.7 Å². The van der Waals surface area contributed by atoms with Gasteiger partial charge in [-0.15, -0.1) is 10.2 Å². The van der Waals surface area contributed by atoms with Crippen LogP contribution in [0.1, 0.15) is 23.1 Å². The molecule has 0 spiro atoms. The fourth-order valence-electron chi connectivity index (χ4n) is 3.90. The van der Waals surface area contributed by atoms with Gasteiger partial charge < -0.3 is 9.64 Å². The molecule has 2 aromatic heterocycles. The number of carbonyl (C=O) groups is 1. The van der Waals surface area contributed by atoms with Gasteiger partial charge in [-0.05, 0) is 61.7 Å². The Morgan fingerprint density at radius 3 is 2.73 bits per heavy atom. The summed E-state index contributed by atoms with van der Waals surface area (Å²) in [5, 5.41) is 19.5. The number of carbonyl (C=O) groups excluding carboxylic acids is 1. The zero-order valence-corrected chi connectivity index (χ0v) is 19.9. The Hall–Kier alpha value is -3.57. The summed E-state index contributed by atoms with van der Waals surface area (Å²) in [7, 11) is 1.64. The highest BCUT2D eigenvalue weighted by atomic mass is 32.2. The minimum atomic E-state index is -0.0744. The number of ether oxygens (including phenoxy) is 1. The predicted molar refractivity (Wildman–Crippen MR) is 131 cm³/mol. The molecule has 0 N–H and O–H groups in total. The Labute approximate surface area is 197 Å². The second-order valence-electron chi connectivity index (χ2n) is 7.85. The van der Waals surface area contributed by atoms with E-state index in [0.717, 1.165) is 44.7 Å². The van der Waals surface area contributed by atoms with Crippen LogP contribution in [0.2, 0.25) is 0 Å². The number of anilines is 1. The third-order valence-electron chi connectivity index (χ3n) is 5.81. The van der Waals surface area contributed by atoms with Crippen LogP contribution >= 0.6 is 11.8 Å². The van der Waals surface area contributed by atoms with E-state index in [-0.39, 0.29) is 18.1 Å². The molecular weight excluding hydrogens is 434 g/mol. The normalized spacial score (nSPS) is 11.0. The molecule has 0 bridgehead atoms. The second kappa shape index (κ2) is 9.51. The second-order valence-corrected chi connectivity index (χ2v) is 8.79. The first-order valence-electron chi connectivity index (χ1n) is 10.6. The molecule has 0 aliphatic carbocycles. The first-order valence-corrected chi connectivity index (χ1v) is 11.6. The van der Waals surface area contributed by atoms with E-state index in [9.17, 15) is 4.79 Å². The highest BCUT2D eigenvalue weighted by Crippen LogP contribution is 2.29. The number of hydrogen-bond donors (Lipinski definition) is 0. The zero-order valence-electron chi connectivity index (χ0n) is 19.1. The van der Waals surface area contributed by atoms with Gasteiger partial charge in [0.15, 0.2) is 10.8 Å².